The van der Waals surface area contributed by atoms with Gasteiger partial charge in [-0.3, -0.25) is 9.89 Å². The quantitative estimate of drug-likeness (QED) is 0.139. The van der Waals surface area contributed by atoms with Crippen molar-refractivity contribution < 1.29 is 22.4 Å². The van der Waals surface area contributed by atoms with Crippen molar-refractivity contribution in [3.05, 3.63) is 83.9 Å². The number of aromatic amines is 1. The topological polar surface area (TPSA) is 121 Å². The van der Waals surface area contributed by atoms with Crippen LogP contribution in [0.2, 0.25) is 0 Å². The van der Waals surface area contributed by atoms with Gasteiger partial charge in [-0.2, -0.15) is 18.3 Å². The molecule has 0 fully saturated rings. The highest BCUT2D eigenvalue weighted by Gasteiger charge is 2.30. The van der Waals surface area contributed by atoms with Crippen molar-refractivity contribution in [2.24, 2.45) is 10.9 Å². The molecule has 2 aromatic heterocycles. The number of nitrogens with zero attached hydrogens (tertiary/aromatic N) is 3. The molecule has 5 N–H and O–H groups in total. The Morgan fingerprint density at radius 2 is 1.82 bits per heavy atom. The Balaban J connectivity index is 1.50. The van der Waals surface area contributed by atoms with Crippen molar-refractivity contribution >= 4 is 34.3 Å². The smallest absolute Gasteiger partial charge is 0.382 e. The van der Waals surface area contributed by atoms with E-state index in [1.807, 2.05) is 30.3 Å². The molecule has 8 nitrogen and oxygen atoms in total. The summed E-state index contributed by atoms with van der Waals surface area (Å²) in [6, 6.07) is 14.4. The van der Waals surface area contributed by atoms with Crippen LogP contribution in [0.5, 0.6) is 0 Å². The fourth-order valence-electron chi connectivity index (χ4n) is 3.55. The number of rotatable bonds is 7. The summed E-state index contributed by atoms with van der Waals surface area (Å²) in [6.07, 6.45) is -2.18. The molecule has 1 unspecified atom stereocenters. The number of amidine groups is 1. The second kappa shape index (κ2) is 11.3. The number of nitrogens with one attached hydrogen (secondary N) is 3. The van der Waals surface area contributed by atoms with Crippen LogP contribution in [0.25, 0.3) is 22.2 Å². The predicted molar refractivity (Wildman–Crippen MR) is 142 cm³/mol. The van der Waals surface area contributed by atoms with E-state index in [0.717, 1.165) is 23.6 Å². The van der Waals surface area contributed by atoms with Crippen molar-refractivity contribution in [1.29, 1.82) is 0 Å². The number of aliphatic imine (C=N–C) groups is 1. The number of H-pyrrole nitrogens is 1. The van der Waals surface area contributed by atoms with Crippen molar-refractivity contribution in [1.82, 2.24) is 20.5 Å². The first kappa shape index (κ1) is 27.3. The summed E-state index contributed by atoms with van der Waals surface area (Å²) in [6.45, 7) is 2.60. The molecule has 0 bridgehead atoms. The fraction of sp³-hybridized carbons (Fsp3) is 0.185. The summed E-state index contributed by atoms with van der Waals surface area (Å²) in [7, 11) is 0. The molecular formula is C27H25F4N7O. The summed E-state index contributed by atoms with van der Waals surface area (Å²) in [5, 5.41) is 13.0. The number of halogens is 4. The molecule has 0 saturated heterocycles. The van der Waals surface area contributed by atoms with Gasteiger partial charge in [0.05, 0.1) is 11.3 Å². The summed E-state index contributed by atoms with van der Waals surface area (Å²) < 4.78 is 52.2. The van der Waals surface area contributed by atoms with E-state index in [1.165, 1.54) is 31.2 Å². The van der Waals surface area contributed by atoms with E-state index in [2.05, 4.69) is 30.8 Å². The molecule has 2 heterocycles. The highest BCUT2D eigenvalue weighted by Crippen LogP contribution is 2.26. The van der Waals surface area contributed by atoms with E-state index in [-0.39, 0.29) is 12.4 Å². The molecule has 0 spiro atoms. The Morgan fingerprint density at radius 1 is 1.13 bits per heavy atom. The van der Waals surface area contributed by atoms with Gasteiger partial charge in [-0.1, -0.05) is 24.3 Å². The number of nitrogen functional groups attached to an aromatic ring is 1. The van der Waals surface area contributed by atoms with Crippen LogP contribution in [0.3, 0.4) is 0 Å². The first-order chi connectivity index (χ1) is 18.5. The van der Waals surface area contributed by atoms with Gasteiger partial charge in [0.25, 0.3) is 0 Å². The third-order valence-electron chi connectivity index (χ3n) is 5.97. The molecule has 0 saturated carbocycles. The Kier molecular flexibility index (Phi) is 7.93. The largest absolute Gasteiger partial charge is 0.413 e. The molecule has 1 amide bonds. The van der Waals surface area contributed by atoms with Crippen LogP contribution in [-0.2, 0) is 11.3 Å². The number of carbonyl (C=O) groups excluding carboxylic acids is 1. The summed E-state index contributed by atoms with van der Waals surface area (Å²) in [5.74, 6) is -1.55. The van der Waals surface area contributed by atoms with Gasteiger partial charge in [-0.25, -0.2) is 14.4 Å². The van der Waals surface area contributed by atoms with E-state index < -0.39 is 29.4 Å². The van der Waals surface area contributed by atoms with E-state index in [1.54, 1.807) is 6.20 Å². The molecule has 1 atom stereocenters. The molecule has 4 aromatic rings. The lowest BCUT2D eigenvalue weighted by Gasteiger charge is -2.17. The van der Waals surface area contributed by atoms with E-state index in [9.17, 15) is 22.4 Å². The average Bonchev–Trinajstić information content (AvgIpc) is 3.29. The number of allylic oxidation sites excluding steroid dienone is 1. The molecule has 2 aromatic carbocycles. The summed E-state index contributed by atoms with van der Waals surface area (Å²) >= 11 is 0. The lowest BCUT2D eigenvalue weighted by Crippen LogP contribution is -2.36. The predicted octanol–water partition coefficient (Wildman–Crippen LogP) is 5.58. The zero-order valence-electron chi connectivity index (χ0n) is 21.0. The highest BCUT2D eigenvalue weighted by molar-refractivity contribution is 6.08. The monoisotopic (exact) mass is 539 g/mol. The minimum Gasteiger partial charge on any atom is -0.382 e. The minimum absolute atomic E-state index is 0.0346. The number of pyridine rings is 1. The number of aromatic nitrogens is 3. The second-order valence-electron chi connectivity index (χ2n) is 8.82. The van der Waals surface area contributed by atoms with Gasteiger partial charge in [0.2, 0.25) is 5.91 Å². The van der Waals surface area contributed by atoms with Crippen molar-refractivity contribution in [2.45, 2.75) is 26.6 Å². The van der Waals surface area contributed by atoms with Crippen LogP contribution >= 0.6 is 0 Å². The zero-order chi connectivity index (χ0) is 28.2. The van der Waals surface area contributed by atoms with Gasteiger partial charge in [-0.05, 0) is 55.3 Å². The van der Waals surface area contributed by atoms with Gasteiger partial charge < -0.3 is 16.4 Å². The molecule has 4 rings (SSSR count). The van der Waals surface area contributed by atoms with Crippen LogP contribution in [0, 0.1) is 11.7 Å². The number of carbonyl (C=O) groups is 1. The molecule has 0 radical (unpaired) electrons. The maximum Gasteiger partial charge on any atom is 0.413 e. The third-order valence-corrected chi connectivity index (χ3v) is 5.97. The standard InChI is InChI=1S/C27H25F4N7O/c1-15(27(29,30)31)12-33-24(16(2)26(39)36-21-9-7-20(28)8-10-21)34-13-17-3-5-18(6-4-17)19-11-22-23(32)37-38-25(22)35-14-19/h3-12,14,16H,13H2,1-2H3,(H,33,34)(H,36,39)(H3,32,35,37,38)/b15-12+. The molecule has 0 aliphatic carbocycles. The van der Waals surface area contributed by atoms with Gasteiger partial charge in [0, 0.05) is 35.8 Å². The minimum atomic E-state index is -4.55. The van der Waals surface area contributed by atoms with Crippen molar-refractivity contribution in [3.63, 3.8) is 0 Å². The lowest BCUT2D eigenvalue weighted by atomic mass is 10.0. The lowest BCUT2D eigenvalue weighted by molar-refractivity contribution is -0.117. The number of hydrogen-bond donors (Lipinski definition) is 4. The van der Waals surface area contributed by atoms with Crippen molar-refractivity contribution in [3.8, 4) is 11.1 Å². The number of nitrogens with two attached hydrogens (primary N) is 1. The van der Waals surface area contributed by atoms with Gasteiger partial charge in [-0.15, -0.1) is 0 Å². The number of hydrogen-bond acceptors (Lipinski definition) is 5. The number of fused-ring (bicyclic) bond motifs is 1. The molecule has 39 heavy (non-hydrogen) atoms. The first-order valence-corrected chi connectivity index (χ1v) is 11.8. The van der Waals surface area contributed by atoms with Crippen LogP contribution in [0.4, 0.5) is 29.1 Å². The first-order valence-electron chi connectivity index (χ1n) is 11.8. The van der Waals surface area contributed by atoms with Crippen LogP contribution in [0.1, 0.15) is 19.4 Å². The Hall–Kier alpha value is -4.74. The van der Waals surface area contributed by atoms with Gasteiger partial charge in [0.1, 0.15) is 11.7 Å². The molecule has 0 aliphatic rings. The molecular weight excluding hydrogens is 514 g/mol. The number of anilines is 2. The van der Waals surface area contributed by atoms with Gasteiger partial charge in [0.15, 0.2) is 11.5 Å². The average molecular weight is 540 g/mol. The number of benzene rings is 2. The third kappa shape index (κ3) is 6.78. The van der Waals surface area contributed by atoms with Crippen LogP contribution in [0.15, 0.2) is 77.6 Å². The maximum atomic E-state index is 13.2. The zero-order valence-corrected chi connectivity index (χ0v) is 21.0. The van der Waals surface area contributed by atoms with Crippen LogP contribution in [-0.4, -0.2) is 33.1 Å². The van der Waals surface area contributed by atoms with Crippen molar-refractivity contribution in [2.75, 3.05) is 11.1 Å². The molecule has 0 aliphatic heterocycles. The molecule has 202 valence electrons. The number of amides is 1. The van der Waals surface area contributed by atoms with Gasteiger partial charge >= 0.3 is 6.18 Å². The fourth-order valence-corrected chi connectivity index (χ4v) is 3.55. The summed E-state index contributed by atoms with van der Waals surface area (Å²) in [5.41, 5.74) is 8.37. The van der Waals surface area contributed by atoms with E-state index in [0.29, 0.717) is 28.7 Å². The maximum absolute atomic E-state index is 13.2. The highest BCUT2D eigenvalue weighted by atomic mass is 19.4. The second-order valence-corrected chi connectivity index (χ2v) is 8.82. The van der Waals surface area contributed by atoms with Crippen LogP contribution < -0.4 is 16.4 Å². The summed E-state index contributed by atoms with van der Waals surface area (Å²) in [4.78, 5) is 21.1. The molecule has 12 heteroatoms. The Morgan fingerprint density at radius 3 is 2.49 bits per heavy atom. The van der Waals surface area contributed by atoms with E-state index in [4.69, 9.17) is 5.73 Å². The normalized spacial score (nSPS) is 13.4. The SMILES string of the molecule is C/C(=C\N=C(\NCc1ccc(-c2cnc3[nH]nc(N)c3c2)cc1)C(C)C(=O)Nc1ccc(F)cc1)C(F)(F)F. The van der Waals surface area contributed by atoms with E-state index >= 15 is 0 Å². The number of alkyl halides is 3. The Labute approximate surface area is 221 Å². The Bertz CT molecular complexity index is 1520.